The van der Waals surface area contributed by atoms with E-state index in [0.717, 1.165) is 19.3 Å². The Morgan fingerprint density at radius 1 is 1.16 bits per heavy atom. The van der Waals surface area contributed by atoms with Crippen LogP contribution in [-0.4, -0.2) is 10.7 Å². The van der Waals surface area contributed by atoms with Crippen LogP contribution in [0.15, 0.2) is 18.2 Å². The van der Waals surface area contributed by atoms with Crippen LogP contribution in [0.3, 0.4) is 0 Å². The first-order chi connectivity index (χ1) is 8.69. The summed E-state index contributed by atoms with van der Waals surface area (Å²) >= 11 is 0. The summed E-state index contributed by atoms with van der Waals surface area (Å²) in [5, 5.41) is 11.0. The average molecular weight is 260 g/mol. The van der Waals surface area contributed by atoms with Gasteiger partial charge in [-0.3, -0.25) is 0 Å². The van der Waals surface area contributed by atoms with Gasteiger partial charge in [-0.15, -0.1) is 0 Å². The molecule has 0 heterocycles. The Bertz CT molecular complexity index is 461. The molecule has 1 aliphatic rings. The lowest BCUT2D eigenvalue weighted by molar-refractivity contribution is -0.0574. The van der Waals surface area contributed by atoms with Crippen molar-refractivity contribution in [2.75, 3.05) is 0 Å². The molecule has 1 nitrogen and oxygen atoms in total. The number of aryl methyl sites for hydroxylation is 2. The molecular formula is C18H28O. The summed E-state index contributed by atoms with van der Waals surface area (Å²) < 4.78 is 0. The zero-order chi connectivity index (χ0) is 14.3. The summed E-state index contributed by atoms with van der Waals surface area (Å²) in [7, 11) is 0. The third-order valence-corrected chi connectivity index (χ3v) is 4.54. The van der Waals surface area contributed by atoms with Crippen LogP contribution in [0.1, 0.15) is 56.7 Å². The number of aliphatic hydroxyl groups is 1. The molecule has 1 aromatic rings. The summed E-state index contributed by atoms with van der Waals surface area (Å²) in [4.78, 5) is 0. The van der Waals surface area contributed by atoms with Crippen molar-refractivity contribution in [3.63, 3.8) is 0 Å². The molecule has 2 rings (SSSR count). The fraction of sp³-hybridized carbons (Fsp3) is 0.667. The van der Waals surface area contributed by atoms with Crippen LogP contribution in [0.25, 0.3) is 0 Å². The van der Waals surface area contributed by atoms with Crippen molar-refractivity contribution in [2.45, 2.75) is 65.9 Å². The largest absolute Gasteiger partial charge is 0.390 e. The van der Waals surface area contributed by atoms with Crippen LogP contribution in [-0.2, 0) is 6.42 Å². The summed E-state index contributed by atoms with van der Waals surface area (Å²) in [6, 6.07) is 6.58. The molecule has 0 radical (unpaired) electrons. The van der Waals surface area contributed by atoms with E-state index in [9.17, 15) is 5.11 Å². The highest BCUT2D eigenvalue weighted by Crippen LogP contribution is 2.45. The molecule has 0 aromatic heterocycles. The first kappa shape index (κ1) is 14.6. The van der Waals surface area contributed by atoms with Gasteiger partial charge in [0.25, 0.3) is 0 Å². The normalized spacial score (nSPS) is 30.3. The fourth-order valence-corrected chi connectivity index (χ4v) is 4.13. The molecular weight excluding hydrogens is 232 g/mol. The lowest BCUT2D eigenvalue weighted by Crippen LogP contribution is -2.43. The quantitative estimate of drug-likeness (QED) is 0.834. The lowest BCUT2D eigenvalue weighted by Gasteiger charge is -2.45. The minimum atomic E-state index is -0.525. The minimum Gasteiger partial charge on any atom is -0.390 e. The van der Waals surface area contributed by atoms with E-state index < -0.39 is 5.60 Å². The second-order valence-corrected chi connectivity index (χ2v) is 7.67. The van der Waals surface area contributed by atoms with Gasteiger partial charge in [0.1, 0.15) is 0 Å². The van der Waals surface area contributed by atoms with Crippen LogP contribution in [0.5, 0.6) is 0 Å². The maximum absolute atomic E-state index is 11.0. The first-order valence-corrected chi connectivity index (χ1v) is 7.48. The molecule has 1 saturated carbocycles. The van der Waals surface area contributed by atoms with Crippen LogP contribution >= 0.6 is 0 Å². The van der Waals surface area contributed by atoms with Crippen molar-refractivity contribution in [3.8, 4) is 0 Å². The molecule has 1 heteroatoms. The Labute approximate surface area is 118 Å². The monoisotopic (exact) mass is 260 g/mol. The molecule has 1 N–H and O–H groups in total. The molecule has 0 amide bonds. The second-order valence-electron chi connectivity index (χ2n) is 7.67. The van der Waals surface area contributed by atoms with Crippen molar-refractivity contribution in [1.82, 2.24) is 0 Å². The van der Waals surface area contributed by atoms with Gasteiger partial charge in [-0.05, 0) is 61.1 Å². The van der Waals surface area contributed by atoms with Crippen molar-refractivity contribution in [2.24, 2.45) is 11.3 Å². The van der Waals surface area contributed by atoms with Crippen molar-refractivity contribution in [3.05, 3.63) is 34.9 Å². The first-order valence-electron chi connectivity index (χ1n) is 7.48. The third kappa shape index (κ3) is 3.60. The van der Waals surface area contributed by atoms with Crippen molar-refractivity contribution in [1.29, 1.82) is 0 Å². The fourth-order valence-electron chi connectivity index (χ4n) is 4.13. The Hall–Kier alpha value is -0.820. The average Bonchev–Trinajstić information content (AvgIpc) is 2.19. The van der Waals surface area contributed by atoms with Crippen LogP contribution in [0.2, 0.25) is 0 Å². The highest BCUT2D eigenvalue weighted by molar-refractivity contribution is 5.31. The zero-order valence-corrected chi connectivity index (χ0v) is 13.1. The highest BCUT2D eigenvalue weighted by Gasteiger charge is 2.41. The predicted octanol–water partition coefficient (Wildman–Crippen LogP) is 4.42. The minimum absolute atomic E-state index is 0.256. The van der Waals surface area contributed by atoms with Crippen molar-refractivity contribution >= 4 is 0 Å². The molecule has 0 saturated heterocycles. The van der Waals surface area contributed by atoms with Gasteiger partial charge < -0.3 is 5.11 Å². The molecule has 2 unspecified atom stereocenters. The molecule has 1 aliphatic carbocycles. The molecule has 0 aliphatic heterocycles. The lowest BCUT2D eigenvalue weighted by atomic mass is 9.64. The van der Waals surface area contributed by atoms with Gasteiger partial charge in [-0.2, -0.15) is 0 Å². The van der Waals surface area contributed by atoms with Gasteiger partial charge >= 0.3 is 0 Å². The molecule has 19 heavy (non-hydrogen) atoms. The summed E-state index contributed by atoms with van der Waals surface area (Å²) in [6.07, 6.45) is 3.87. The van der Waals surface area contributed by atoms with E-state index in [-0.39, 0.29) is 5.41 Å². The summed E-state index contributed by atoms with van der Waals surface area (Å²) in [6.45, 7) is 11.1. The highest BCUT2D eigenvalue weighted by atomic mass is 16.3. The smallest absolute Gasteiger partial charge is 0.0695 e. The Kier molecular flexibility index (Phi) is 3.79. The van der Waals surface area contributed by atoms with E-state index in [4.69, 9.17) is 0 Å². The molecule has 1 aromatic carbocycles. The summed E-state index contributed by atoms with van der Waals surface area (Å²) in [5.74, 6) is 0.611. The Balaban J connectivity index is 2.18. The Morgan fingerprint density at radius 3 is 2.42 bits per heavy atom. The van der Waals surface area contributed by atoms with Gasteiger partial charge in [0.15, 0.2) is 0 Å². The maximum atomic E-state index is 11.0. The third-order valence-electron chi connectivity index (χ3n) is 4.54. The van der Waals surface area contributed by atoms with E-state index in [2.05, 4.69) is 52.8 Å². The predicted molar refractivity (Wildman–Crippen MR) is 81.4 cm³/mol. The SMILES string of the molecule is Cc1ccc(CC2(O)CC(C)CC(C)(C)C2)cc1C. The van der Waals surface area contributed by atoms with Crippen LogP contribution < -0.4 is 0 Å². The van der Waals surface area contributed by atoms with Gasteiger partial charge in [0, 0.05) is 6.42 Å². The second kappa shape index (κ2) is 4.94. The maximum Gasteiger partial charge on any atom is 0.0695 e. The van der Waals surface area contributed by atoms with E-state index >= 15 is 0 Å². The summed E-state index contributed by atoms with van der Waals surface area (Å²) in [5.41, 5.74) is 3.66. The van der Waals surface area contributed by atoms with Crippen LogP contribution in [0, 0.1) is 25.2 Å². The van der Waals surface area contributed by atoms with E-state index in [0.29, 0.717) is 5.92 Å². The molecule has 0 spiro atoms. The number of hydrogen-bond acceptors (Lipinski definition) is 1. The molecule has 1 fully saturated rings. The number of benzene rings is 1. The van der Waals surface area contributed by atoms with E-state index in [1.807, 2.05) is 0 Å². The number of hydrogen-bond donors (Lipinski definition) is 1. The van der Waals surface area contributed by atoms with E-state index in [1.54, 1.807) is 0 Å². The van der Waals surface area contributed by atoms with Gasteiger partial charge in [-0.25, -0.2) is 0 Å². The van der Waals surface area contributed by atoms with Crippen LogP contribution in [0.4, 0.5) is 0 Å². The van der Waals surface area contributed by atoms with Gasteiger partial charge in [0.05, 0.1) is 5.60 Å². The Morgan fingerprint density at radius 2 is 1.84 bits per heavy atom. The zero-order valence-electron chi connectivity index (χ0n) is 13.1. The van der Waals surface area contributed by atoms with Crippen molar-refractivity contribution < 1.29 is 5.11 Å². The standard InChI is InChI=1S/C18H28O/c1-13-9-17(4,5)12-18(19,10-13)11-16-7-6-14(2)15(3)8-16/h6-8,13,19H,9-12H2,1-5H3. The molecule has 2 atom stereocenters. The van der Waals surface area contributed by atoms with Gasteiger partial charge in [-0.1, -0.05) is 39.0 Å². The van der Waals surface area contributed by atoms with Gasteiger partial charge in [0.2, 0.25) is 0 Å². The topological polar surface area (TPSA) is 20.2 Å². The van der Waals surface area contributed by atoms with E-state index in [1.165, 1.54) is 23.1 Å². The number of rotatable bonds is 2. The molecule has 0 bridgehead atoms. The molecule has 106 valence electrons.